The van der Waals surface area contributed by atoms with Gasteiger partial charge in [0.2, 0.25) is 0 Å². The maximum absolute atomic E-state index is 12.9. The van der Waals surface area contributed by atoms with Gasteiger partial charge in [-0.05, 0) is 55.5 Å². The molecule has 1 aromatic heterocycles. The van der Waals surface area contributed by atoms with Crippen LogP contribution in [0.25, 0.3) is 0 Å². The molecule has 0 radical (unpaired) electrons. The number of carbonyl (C=O) groups is 1. The Bertz CT molecular complexity index is 698. The number of hydrogen-bond acceptors (Lipinski definition) is 5. The number of pyridine rings is 1. The van der Waals surface area contributed by atoms with E-state index in [0.717, 1.165) is 42.5 Å². The lowest BCUT2D eigenvalue weighted by molar-refractivity contribution is 0.0769. The van der Waals surface area contributed by atoms with Gasteiger partial charge in [0.15, 0.2) is 0 Å². The molecule has 0 bridgehead atoms. The fraction of sp³-hybridized carbons (Fsp3) is 0.368. The van der Waals surface area contributed by atoms with Gasteiger partial charge in [-0.1, -0.05) is 0 Å². The van der Waals surface area contributed by atoms with Crippen molar-refractivity contribution >= 4 is 29.2 Å². The van der Waals surface area contributed by atoms with Crippen LogP contribution in [0.1, 0.15) is 23.7 Å². The molecule has 0 aliphatic carbocycles. The normalized spacial score (nSPS) is 14.7. The topological polar surface area (TPSA) is 54.5 Å². The third-order valence-corrected chi connectivity index (χ3v) is 5.02. The summed E-state index contributed by atoms with van der Waals surface area (Å²) in [5.41, 5.74) is 1.49. The molecule has 1 aromatic carbocycles. The van der Waals surface area contributed by atoms with E-state index < -0.39 is 0 Å². The number of rotatable bonds is 5. The molecule has 2 aromatic rings. The molecular formula is C19H23N3O2S. The summed E-state index contributed by atoms with van der Waals surface area (Å²) in [5, 5.41) is 3.26. The molecule has 132 valence electrons. The molecule has 1 amide bonds. The first-order valence-electron chi connectivity index (χ1n) is 8.60. The first-order chi connectivity index (χ1) is 12.3. The minimum atomic E-state index is 0.0454. The Morgan fingerprint density at radius 2 is 2.08 bits per heavy atom. The van der Waals surface area contributed by atoms with Crippen LogP contribution in [-0.4, -0.2) is 47.0 Å². The molecule has 0 saturated carbocycles. The van der Waals surface area contributed by atoms with Crippen molar-refractivity contribution in [3.05, 3.63) is 48.2 Å². The van der Waals surface area contributed by atoms with Gasteiger partial charge in [0, 0.05) is 30.7 Å². The van der Waals surface area contributed by atoms with Crippen molar-refractivity contribution in [1.29, 1.82) is 0 Å². The van der Waals surface area contributed by atoms with Crippen molar-refractivity contribution in [2.24, 2.45) is 0 Å². The first kappa shape index (κ1) is 17.6. The van der Waals surface area contributed by atoms with Crippen molar-refractivity contribution in [2.75, 3.05) is 36.5 Å². The van der Waals surface area contributed by atoms with Crippen molar-refractivity contribution < 1.29 is 9.53 Å². The second-order valence-corrected chi connectivity index (χ2v) is 6.96. The van der Waals surface area contributed by atoms with E-state index in [-0.39, 0.29) is 5.91 Å². The highest BCUT2D eigenvalue weighted by atomic mass is 32.2. The van der Waals surface area contributed by atoms with Gasteiger partial charge < -0.3 is 15.0 Å². The van der Waals surface area contributed by atoms with Crippen LogP contribution in [0.4, 0.5) is 11.5 Å². The molecule has 3 rings (SSSR count). The number of carbonyl (C=O) groups excluding carboxylic acids is 1. The predicted octanol–water partition coefficient (Wildman–Crippen LogP) is 3.80. The molecule has 1 saturated heterocycles. The number of amides is 1. The average molecular weight is 357 g/mol. The number of hydrogen-bond donors (Lipinski definition) is 1. The Balaban J connectivity index is 1.77. The highest BCUT2D eigenvalue weighted by molar-refractivity contribution is 7.99. The zero-order chi connectivity index (χ0) is 17.5. The zero-order valence-electron chi connectivity index (χ0n) is 14.4. The smallest absolute Gasteiger partial charge is 0.257 e. The first-order valence-corrected chi connectivity index (χ1v) is 9.75. The minimum absolute atomic E-state index is 0.0454. The van der Waals surface area contributed by atoms with E-state index in [1.165, 1.54) is 0 Å². The lowest BCUT2D eigenvalue weighted by Gasteiger charge is -2.21. The Morgan fingerprint density at radius 1 is 1.24 bits per heavy atom. The highest BCUT2D eigenvalue weighted by Crippen LogP contribution is 2.23. The summed E-state index contributed by atoms with van der Waals surface area (Å²) in [4.78, 5) is 19.2. The standard InChI is InChI=1S/C19H23N3O2S/c1-2-24-16-8-6-15(7-9-16)21-18-17(5-3-10-20-18)19(23)22-11-4-13-25-14-12-22/h3,5-10H,2,4,11-14H2,1H3,(H,20,21). The van der Waals surface area contributed by atoms with Crippen molar-refractivity contribution in [1.82, 2.24) is 9.88 Å². The fourth-order valence-electron chi connectivity index (χ4n) is 2.73. The summed E-state index contributed by atoms with van der Waals surface area (Å²) in [7, 11) is 0. The lowest BCUT2D eigenvalue weighted by atomic mass is 10.2. The van der Waals surface area contributed by atoms with Gasteiger partial charge in [0.05, 0.1) is 12.2 Å². The number of anilines is 2. The maximum atomic E-state index is 12.9. The molecule has 1 N–H and O–H groups in total. The molecule has 5 nitrogen and oxygen atoms in total. The zero-order valence-corrected chi connectivity index (χ0v) is 15.2. The van der Waals surface area contributed by atoms with E-state index >= 15 is 0 Å². The summed E-state index contributed by atoms with van der Waals surface area (Å²) in [6.07, 6.45) is 2.74. The van der Waals surface area contributed by atoms with Crippen LogP contribution < -0.4 is 10.1 Å². The summed E-state index contributed by atoms with van der Waals surface area (Å²) in [6, 6.07) is 11.3. The van der Waals surface area contributed by atoms with E-state index in [0.29, 0.717) is 18.0 Å². The quantitative estimate of drug-likeness (QED) is 0.882. The molecule has 1 aliphatic rings. The number of nitrogens with one attached hydrogen (secondary N) is 1. The van der Waals surface area contributed by atoms with E-state index in [2.05, 4.69) is 10.3 Å². The van der Waals surface area contributed by atoms with E-state index in [4.69, 9.17) is 4.74 Å². The number of aromatic nitrogens is 1. The van der Waals surface area contributed by atoms with Crippen LogP contribution in [0, 0.1) is 0 Å². The largest absolute Gasteiger partial charge is 0.494 e. The van der Waals surface area contributed by atoms with Gasteiger partial charge >= 0.3 is 0 Å². The minimum Gasteiger partial charge on any atom is -0.494 e. The SMILES string of the molecule is CCOc1ccc(Nc2ncccc2C(=O)N2CCCSCC2)cc1. The second-order valence-electron chi connectivity index (χ2n) is 5.74. The van der Waals surface area contributed by atoms with Gasteiger partial charge in [-0.15, -0.1) is 0 Å². The third-order valence-electron chi connectivity index (χ3n) is 3.98. The van der Waals surface area contributed by atoms with E-state index in [1.807, 2.05) is 60.0 Å². The van der Waals surface area contributed by atoms with Gasteiger partial charge in [0.1, 0.15) is 11.6 Å². The molecule has 0 atom stereocenters. The Labute approximate surface area is 152 Å². The van der Waals surface area contributed by atoms with Crippen molar-refractivity contribution in [2.45, 2.75) is 13.3 Å². The fourth-order valence-corrected chi connectivity index (χ4v) is 3.62. The number of thioether (sulfide) groups is 1. The molecule has 6 heteroatoms. The Morgan fingerprint density at radius 3 is 2.88 bits per heavy atom. The van der Waals surface area contributed by atoms with Gasteiger partial charge in [-0.2, -0.15) is 11.8 Å². The van der Waals surface area contributed by atoms with Crippen LogP contribution >= 0.6 is 11.8 Å². The summed E-state index contributed by atoms with van der Waals surface area (Å²) >= 11 is 1.91. The molecule has 2 heterocycles. The Kier molecular flexibility index (Phi) is 6.17. The highest BCUT2D eigenvalue weighted by Gasteiger charge is 2.20. The van der Waals surface area contributed by atoms with Crippen LogP contribution in [0.2, 0.25) is 0 Å². The van der Waals surface area contributed by atoms with Crippen LogP contribution in [-0.2, 0) is 0 Å². The molecule has 1 aliphatic heterocycles. The predicted molar refractivity (Wildman–Crippen MR) is 103 cm³/mol. The Hall–Kier alpha value is -2.21. The molecule has 1 fully saturated rings. The second kappa shape index (κ2) is 8.76. The van der Waals surface area contributed by atoms with Crippen LogP contribution in [0.3, 0.4) is 0 Å². The lowest BCUT2D eigenvalue weighted by Crippen LogP contribution is -2.33. The van der Waals surface area contributed by atoms with Gasteiger partial charge in [-0.3, -0.25) is 4.79 Å². The summed E-state index contributed by atoms with van der Waals surface area (Å²) in [6.45, 7) is 4.20. The van der Waals surface area contributed by atoms with Crippen LogP contribution in [0.15, 0.2) is 42.6 Å². The summed E-state index contributed by atoms with van der Waals surface area (Å²) < 4.78 is 5.46. The molecular weight excluding hydrogens is 334 g/mol. The van der Waals surface area contributed by atoms with E-state index in [9.17, 15) is 4.79 Å². The number of benzene rings is 1. The van der Waals surface area contributed by atoms with E-state index in [1.54, 1.807) is 6.20 Å². The van der Waals surface area contributed by atoms with Gasteiger partial charge in [-0.25, -0.2) is 4.98 Å². The number of ether oxygens (including phenoxy) is 1. The third kappa shape index (κ3) is 4.66. The van der Waals surface area contributed by atoms with Gasteiger partial charge in [0.25, 0.3) is 5.91 Å². The van der Waals surface area contributed by atoms with Crippen molar-refractivity contribution in [3.8, 4) is 5.75 Å². The monoisotopic (exact) mass is 357 g/mol. The average Bonchev–Trinajstić information content (AvgIpc) is 2.93. The molecule has 0 unspecified atom stereocenters. The molecule has 25 heavy (non-hydrogen) atoms. The maximum Gasteiger partial charge on any atom is 0.257 e. The van der Waals surface area contributed by atoms with Crippen LogP contribution in [0.5, 0.6) is 5.75 Å². The summed E-state index contributed by atoms with van der Waals surface area (Å²) in [5.74, 6) is 3.58. The number of nitrogens with zero attached hydrogens (tertiary/aromatic N) is 2. The molecule has 0 spiro atoms. The van der Waals surface area contributed by atoms with Crippen molar-refractivity contribution in [3.63, 3.8) is 0 Å².